The molecule has 1 aliphatic rings. The van der Waals surface area contributed by atoms with Gasteiger partial charge in [0.15, 0.2) is 0 Å². The molecule has 0 saturated heterocycles. The van der Waals surface area contributed by atoms with Crippen LogP contribution in [0.15, 0.2) is 66.0 Å². The van der Waals surface area contributed by atoms with E-state index in [1.54, 1.807) is 12.0 Å². The maximum Gasteiger partial charge on any atom is 0.251 e. The number of tetrazole rings is 1. The summed E-state index contributed by atoms with van der Waals surface area (Å²) in [4.78, 5) is 31.6. The number of nitrogens with one attached hydrogen (secondary N) is 1. The molecule has 9 nitrogen and oxygen atoms in total. The van der Waals surface area contributed by atoms with Gasteiger partial charge in [-0.3, -0.25) is 14.5 Å². The summed E-state index contributed by atoms with van der Waals surface area (Å²) >= 11 is 1.45. The van der Waals surface area contributed by atoms with Crippen molar-refractivity contribution in [2.24, 2.45) is 0 Å². The van der Waals surface area contributed by atoms with Crippen molar-refractivity contribution in [1.82, 2.24) is 25.5 Å². The van der Waals surface area contributed by atoms with E-state index in [0.717, 1.165) is 16.2 Å². The maximum atomic E-state index is 14.1. The molecule has 0 spiro atoms. The first-order chi connectivity index (χ1) is 20.2. The van der Waals surface area contributed by atoms with Crippen molar-refractivity contribution in [3.05, 3.63) is 76.5 Å². The molecule has 220 valence electrons. The number of hydrogen-bond acceptors (Lipinski definition) is 7. The lowest BCUT2D eigenvalue weighted by atomic mass is 9.84. The highest BCUT2D eigenvalue weighted by Crippen LogP contribution is 2.36. The molecule has 1 saturated carbocycles. The molecule has 4 aromatic rings. The van der Waals surface area contributed by atoms with Crippen LogP contribution in [-0.2, 0) is 16.1 Å². The standard InChI is InChI=1S/C32H38N6O3S/c1-32(2,3)33-31(40)29(27-11-8-20-42-27)38(25-16-12-23(13-17-25)22-9-6-5-7-10-22)28(39)21-37-35-30(34-36-37)24-14-18-26(41-4)19-15-24/h8,11-20,22,29H,5-7,9-10,21H2,1-4H3,(H,33,40). The SMILES string of the molecule is COc1ccc(-c2nnn(CC(=O)N(c3ccc(C4CCCCC4)cc3)C(C(=O)NC(C)(C)C)c3cccs3)n2)cc1. The number of nitrogens with zero attached hydrogens (tertiary/aromatic N) is 5. The number of rotatable bonds is 9. The number of aromatic nitrogens is 4. The Bertz CT molecular complexity index is 1470. The number of carbonyl (C=O) groups is 2. The second kappa shape index (κ2) is 12.9. The molecule has 0 aliphatic heterocycles. The highest BCUT2D eigenvalue weighted by Gasteiger charge is 2.35. The van der Waals surface area contributed by atoms with Crippen LogP contribution in [0.2, 0.25) is 0 Å². The first kappa shape index (κ1) is 29.4. The fourth-order valence-corrected chi connectivity index (χ4v) is 6.21. The van der Waals surface area contributed by atoms with E-state index in [9.17, 15) is 9.59 Å². The molecule has 1 fully saturated rings. The van der Waals surface area contributed by atoms with Gasteiger partial charge in [-0.25, -0.2) is 0 Å². The number of thiophene rings is 1. The van der Waals surface area contributed by atoms with Gasteiger partial charge in [-0.2, -0.15) is 4.80 Å². The topological polar surface area (TPSA) is 102 Å². The van der Waals surface area contributed by atoms with Crippen LogP contribution in [0, 0.1) is 0 Å². The zero-order valence-corrected chi connectivity index (χ0v) is 25.4. The van der Waals surface area contributed by atoms with Gasteiger partial charge in [0.2, 0.25) is 11.7 Å². The minimum Gasteiger partial charge on any atom is -0.497 e. The van der Waals surface area contributed by atoms with Crippen molar-refractivity contribution in [3.8, 4) is 17.1 Å². The number of methoxy groups -OCH3 is 1. The summed E-state index contributed by atoms with van der Waals surface area (Å²) in [7, 11) is 1.61. The second-order valence-corrected chi connectivity index (χ2v) is 12.7. The number of ether oxygens (including phenoxy) is 1. The molecule has 1 N–H and O–H groups in total. The van der Waals surface area contributed by atoms with E-state index < -0.39 is 11.6 Å². The van der Waals surface area contributed by atoms with Crippen molar-refractivity contribution >= 4 is 28.8 Å². The highest BCUT2D eigenvalue weighted by molar-refractivity contribution is 7.10. The van der Waals surface area contributed by atoms with E-state index >= 15 is 0 Å². The molecule has 10 heteroatoms. The Morgan fingerprint density at radius 1 is 1.05 bits per heavy atom. The van der Waals surface area contributed by atoms with Crippen molar-refractivity contribution in [2.75, 3.05) is 12.0 Å². The molecule has 2 amide bonds. The van der Waals surface area contributed by atoms with Crippen LogP contribution in [0.25, 0.3) is 11.4 Å². The number of hydrogen-bond donors (Lipinski definition) is 1. The number of amides is 2. The van der Waals surface area contributed by atoms with Crippen molar-refractivity contribution in [1.29, 1.82) is 0 Å². The van der Waals surface area contributed by atoms with E-state index in [-0.39, 0.29) is 18.4 Å². The molecular weight excluding hydrogens is 548 g/mol. The summed E-state index contributed by atoms with van der Waals surface area (Å²) in [6.45, 7) is 5.61. The Morgan fingerprint density at radius 3 is 2.38 bits per heavy atom. The fourth-order valence-electron chi connectivity index (χ4n) is 5.40. The highest BCUT2D eigenvalue weighted by atomic mass is 32.1. The zero-order chi connectivity index (χ0) is 29.7. The van der Waals surface area contributed by atoms with Crippen LogP contribution >= 0.6 is 11.3 Å². The van der Waals surface area contributed by atoms with Gasteiger partial charge in [0, 0.05) is 21.7 Å². The number of carbonyl (C=O) groups excluding carboxylic acids is 2. The molecule has 2 aromatic carbocycles. The summed E-state index contributed by atoms with van der Waals surface area (Å²) in [5.74, 6) is 1.08. The predicted octanol–water partition coefficient (Wildman–Crippen LogP) is 6.15. The van der Waals surface area contributed by atoms with Gasteiger partial charge in [0.05, 0.1) is 7.11 Å². The summed E-state index contributed by atoms with van der Waals surface area (Å²) in [6.07, 6.45) is 6.14. The molecule has 5 rings (SSSR count). The van der Waals surface area contributed by atoms with E-state index in [1.165, 1.54) is 53.8 Å². The molecule has 2 aromatic heterocycles. The van der Waals surface area contributed by atoms with Crippen molar-refractivity contribution in [2.45, 2.75) is 76.9 Å². The smallest absolute Gasteiger partial charge is 0.251 e. The van der Waals surface area contributed by atoms with E-state index in [2.05, 4.69) is 32.9 Å². The van der Waals surface area contributed by atoms with Gasteiger partial charge in [-0.05, 0) is 98.2 Å². The summed E-state index contributed by atoms with van der Waals surface area (Å²) in [6, 6.07) is 18.4. The summed E-state index contributed by atoms with van der Waals surface area (Å²) < 4.78 is 5.23. The minimum absolute atomic E-state index is 0.182. The van der Waals surface area contributed by atoms with Crippen LogP contribution in [0.3, 0.4) is 0 Å². The Balaban J connectivity index is 1.47. The number of anilines is 1. The monoisotopic (exact) mass is 586 g/mol. The Labute approximate surface area is 250 Å². The lowest BCUT2D eigenvalue weighted by Crippen LogP contribution is -2.50. The number of benzene rings is 2. The lowest BCUT2D eigenvalue weighted by molar-refractivity contribution is -0.128. The Morgan fingerprint density at radius 2 is 1.76 bits per heavy atom. The van der Waals surface area contributed by atoms with Gasteiger partial charge in [0.1, 0.15) is 18.3 Å². The summed E-state index contributed by atoms with van der Waals surface area (Å²) in [5.41, 5.74) is 2.20. The molecule has 1 atom stereocenters. The lowest BCUT2D eigenvalue weighted by Gasteiger charge is -2.33. The van der Waals surface area contributed by atoms with Gasteiger partial charge in [-0.1, -0.05) is 37.5 Å². The third-order valence-corrected chi connectivity index (χ3v) is 8.34. The summed E-state index contributed by atoms with van der Waals surface area (Å²) in [5, 5.41) is 17.8. The van der Waals surface area contributed by atoms with Crippen LogP contribution in [0.5, 0.6) is 5.75 Å². The maximum absolute atomic E-state index is 14.1. The average molecular weight is 587 g/mol. The van der Waals surface area contributed by atoms with E-state index in [1.807, 2.05) is 74.7 Å². The molecule has 42 heavy (non-hydrogen) atoms. The quantitative estimate of drug-likeness (QED) is 0.253. The van der Waals surface area contributed by atoms with Gasteiger partial charge < -0.3 is 10.1 Å². The van der Waals surface area contributed by atoms with Crippen LogP contribution < -0.4 is 15.0 Å². The van der Waals surface area contributed by atoms with Gasteiger partial charge in [-0.15, -0.1) is 21.5 Å². The van der Waals surface area contributed by atoms with Crippen LogP contribution in [-0.4, -0.2) is 44.7 Å². The molecular formula is C32H38N6O3S. The largest absolute Gasteiger partial charge is 0.497 e. The fraction of sp³-hybridized carbons (Fsp3) is 0.406. The van der Waals surface area contributed by atoms with Crippen molar-refractivity contribution < 1.29 is 14.3 Å². The van der Waals surface area contributed by atoms with Gasteiger partial charge in [0.25, 0.3) is 5.91 Å². The van der Waals surface area contributed by atoms with Crippen LogP contribution in [0.1, 0.15) is 75.3 Å². The Hall–Kier alpha value is -4.05. The third kappa shape index (κ3) is 7.05. The average Bonchev–Trinajstić information content (AvgIpc) is 3.68. The zero-order valence-electron chi connectivity index (χ0n) is 24.6. The molecule has 1 unspecified atom stereocenters. The van der Waals surface area contributed by atoms with E-state index in [4.69, 9.17) is 4.74 Å². The molecule has 0 bridgehead atoms. The normalized spacial score (nSPS) is 14.8. The third-order valence-electron chi connectivity index (χ3n) is 7.41. The van der Waals surface area contributed by atoms with Gasteiger partial charge >= 0.3 is 0 Å². The molecule has 1 aliphatic carbocycles. The first-order valence-corrected chi connectivity index (χ1v) is 15.3. The Kier molecular flexibility index (Phi) is 9.01. The van der Waals surface area contributed by atoms with Crippen molar-refractivity contribution in [3.63, 3.8) is 0 Å². The minimum atomic E-state index is -0.859. The van der Waals surface area contributed by atoms with E-state index in [0.29, 0.717) is 17.4 Å². The predicted molar refractivity (Wildman–Crippen MR) is 165 cm³/mol. The molecule has 0 radical (unpaired) electrons. The first-order valence-electron chi connectivity index (χ1n) is 14.4. The second-order valence-electron chi connectivity index (χ2n) is 11.7. The molecule has 2 heterocycles. The van der Waals surface area contributed by atoms with Crippen LogP contribution in [0.4, 0.5) is 5.69 Å².